The molecule has 26 heavy (non-hydrogen) atoms. The number of carbonyl (C=O) groups is 1. The minimum atomic E-state index is -4.17. The number of benzene rings is 2. The molecule has 0 saturated heterocycles. The van der Waals surface area contributed by atoms with E-state index in [1.165, 1.54) is 12.1 Å². The van der Waals surface area contributed by atoms with E-state index in [1.807, 2.05) is 19.9 Å². The first-order valence-corrected chi connectivity index (χ1v) is 9.74. The van der Waals surface area contributed by atoms with Gasteiger partial charge in [0, 0.05) is 5.69 Å². The topological polar surface area (TPSA) is 75.3 Å². The van der Waals surface area contributed by atoms with E-state index in [0.717, 1.165) is 23.3 Å². The highest BCUT2D eigenvalue weighted by Crippen LogP contribution is 2.18. The number of hydrogen-bond acceptors (Lipinski definition) is 3. The summed E-state index contributed by atoms with van der Waals surface area (Å²) in [5.41, 5.74) is 2.55. The van der Waals surface area contributed by atoms with E-state index in [4.69, 9.17) is 0 Å². The van der Waals surface area contributed by atoms with Crippen molar-refractivity contribution in [2.45, 2.75) is 38.6 Å². The van der Waals surface area contributed by atoms with Gasteiger partial charge in [-0.25, -0.2) is 12.8 Å². The zero-order chi connectivity index (χ0) is 19.5. The van der Waals surface area contributed by atoms with Crippen molar-refractivity contribution in [3.8, 4) is 0 Å². The van der Waals surface area contributed by atoms with Crippen LogP contribution in [0.25, 0.3) is 0 Å². The molecule has 1 amide bonds. The number of rotatable bonds is 6. The maximum atomic E-state index is 13.9. The molecule has 0 spiro atoms. The second-order valence-electron chi connectivity index (χ2n) is 6.64. The van der Waals surface area contributed by atoms with Crippen molar-refractivity contribution >= 4 is 21.6 Å². The zero-order valence-electron chi connectivity index (χ0n) is 15.2. The Balaban J connectivity index is 2.25. The Morgan fingerprint density at radius 3 is 2.15 bits per heavy atom. The highest BCUT2D eigenvalue weighted by Gasteiger charge is 2.29. The summed E-state index contributed by atoms with van der Waals surface area (Å²) >= 11 is 0. The predicted molar refractivity (Wildman–Crippen MR) is 99.9 cm³/mol. The summed E-state index contributed by atoms with van der Waals surface area (Å²) in [7, 11) is -4.17. The molecule has 0 fully saturated rings. The van der Waals surface area contributed by atoms with Crippen molar-refractivity contribution in [1.29, 1.82) is 0 Å². The summed E-state index contributed by atoms with van der Waals surface area (Å²) in [4.78, 5) is 12.2. The molecular weight excluding hydrogens is 355 g/mol. The SMILES string of the molecule is Cc1cc(C)cc(NC(=O)C(NS(=O)(=O)c2ccccc2F)C(C)C)c1. The van der Waals surface area contributed by atoms with Gasteiger partial charge in [0.25, 0.3) is 0 Å². The number of nitrogens with one attached hydrogen (secondary N) is 2. The molecule has 5 nitrogen and oxygen atoms in total. The van der Waals surface area contributed by atoms with Crippen LogP contribution in [0.1, 0.15) is 25.0 Å². The fraction of sp³-hybridized carbons (Fsp3) is 0.316. The number of aryl methyl sites for hydroxylation is 2. The van der Waals surface area contributed by atoms with Crippen LogP contribution in [0.5, 0.6) is 0 Å². The van der Waals surface area contributed by atoms with Gasteiger partial charge in [0.05, 0.1) is 0 Å². The maximum Gasteiger partial charge on any atom is 0.244 e. The van der Waals surface area contributed by atoms with Crippen LogP contribution in [0.2, 0.25) is 0 Å². The Labute approximate surface area is 153 Å². The summed E-state index contributed by atoms with van der Waals surface area (Å²) in [5.74, 6) is -1.69. The van der Waals surface area contributed by atoms with E-state index in [1.54, 1.807) is 26.0 Å². The molecule has 0 aliphatic heterocycles. The fourth-order valence-corrected chi connectivity index (χ4v) is 4.08. The lowest BCUT2D eigenvalue weighted by molar-refractivity contribution is -0.118. The van der Waals surface area contributed by atoms with Gasteiger partial charge in [0.15, 0.2) is 0 Å². The molecule has 2 rings (SSSR count). The minimum Gasteiger partial charge on any atom is -0.325 e. The van der Waals surface area contributed by atoms with E-state index in [0.29, 0.717) is 5.69 Å². The van der Waals surface area contributed by atoms with Crippen molar-refractivity contribution in [3.05, 3.63) is 59.4 Å². The lowest BCUT2D eigenvalue weighted by atomic mass is 10.0. The number of sulfonamides is 1. The first-order chi connectivity index (χ1) is 12.1. The van der Waals surface area contributed by atoms with Gasteiger partial charge in [-0.3, -0.25) is 4.79 Å². The molecule has 2 N–H and O–H groups in total. The highest BCUT2D eigenvalue weighted by molar-refractivity contribution is 7.89. The summed E-state index contributed by atoms with van der Waals surface area (Å²) in [5, 5.41) is 2.73. The Hall–Kier alpha value is -2.25. The zero-order valence-corrected chi connectivity index (χ0v) is 16.0. The number of carbonyl (C=O) groups excluding carboxylic acids is 1. The van der Waals surface area contributed by atoms with E-state index in [2.05, 4.69) is 10.0 Å². The van der Waals surface area contributed by atoms with Crippen molar-refractivity contribution < 1.29 is 17.6 Å². The Morgan fingerprint density at radius 2 is 1.62 bits per heavy atom. The lowest BCUT2D eigenvalue weighted by Gasteiger charge is -2.22. The van der Waals surface area contributed by atoms with Crippen molar-refractivity contribution in [3.63, 3.8) is 0 Å². The number of anilines is 1. The largest absolute Gasteiger partial charge is 0.325 e. The van der Waals surface area contributed by atoms with Crippen LogP contribution in [-0.4, -0.2) is 20.4 Å². The molecule has 0 aliphatic rings. The van der Waals surface area contributed by atoms with Crippen LogP contribution in [0.4, 0.5) is 10.1 Å². The van der Waals surface area contributed by atoms with E-state index in [-0.39, 0.29) is 5.92 Å². The first-order valence-electron chi connectivity index (χ1n) is 8.26. The van der Waals surface area contributed by atoms with Crippen LogP contribution in [0.3, 0.4) is 0 Å². The van der Waals surface area contributed by atoms with Crippen molar-refractivity contribution in [2.75, 3.05) is 5.32 Å². The molecule has 2 aromatic carbocycles. The minimum absolute atomic E-state index is 0.331. The Bertz CT molecular complexity index is 891. The van der Waals surface area contributed by atoms with Crippen LogP contribution in [-0.2, 0) is 14.8 Å². The molecule has 0 saturated carbocycles. The Morgan fingerprint density at radius 1 is 1.04 bits per heavy atom. The molecule has 0 radical (unpaired) electrons. The van der Waals surface area contributed by atoms with Crippen LogP contribution in [0, 0.1) is 25.6 Å². The number of halogens is 1. The monoisotopic (exact) mass is 378 g/mol. The normalized spacial score (nSPS) is 12.8. The standard InChI is InChI=1S/C19H23FN2O3S/c1-12(2)18(19(23)21-15-10-13(3)9-14(4)11-15)22-26(24,25)17-8-6-5-7-16(17)20/h5-12,18,22H,1-4H3,(H,21,23). The summed E-state index contributed by atoms with van der Waals surface area (Å²) < 4.78 is 41.2. The maximum absolute atomic E-state index is 13.9. The molecular formula is C19H23FN2O3S. The predicted octanol–water partition coefficient (Wildman–Crippen LogP) is 3.38. The molecule has 7 heteroatoms. The lowest BCUT2D eigenvalue weighted by Crippen LogP contribution is -2.47. The summed E-state index contributed by atoms with van der Waals surface area (Å²) in [6, 6.07) is 9.59. The molecule has 1 unspecified atom stereocenters. The third-order valence-corrected chi connectivity index (χ3v) is 5.32. The number of amides is 1. The molecule has 1 atom stereocenters. The van der Waals surface area contributed by atoms with Gasteiger partial charge in [-0.1, -0.05) is 32.0 Å². The summed E-state index contributed by atoms with van der Waals surface area (Å²) in [6.45, 7) is 7.25. The van der Waals surface area contributed by atoms with Gasteiger partial charge < -0.3 is 5.32 Å². The van der Waals surface area contributed by atoms with Crippen molar-refractivity contribution in [1.82, 2.24) is 4.72 Å². The number of hydrogen-bond donors (Lipinski definition) is 2. The van der Waals surface area contributed by atoms with Gasteiger partial charge in [0.2, 0.25) is 15.9 Å². The van der Waals surface area contributed by atoms with Crippen LogP contribution >= 0.6 is 0 Å². The molecule has 0 bridgehead atoms. The van der Waals surface area contributed by atoms with Crippen LogP contribution < -0.4 is 10.0 Å². The van der Waals surface area contributed by atoms with Gasteiger partial charge in [-0.2, -0.15) is 4.72 Å². The van der Waals surface area contributed by atoms with E-state index >= 15 is 0 Å². The average Bonchev–Trinajstić information content (AvgIpc) is 2.51. The molecule has 140 valence electrons. The van der Waals surface area contributed by atoms with Gasteiger partial charge in [-0.15, -0.1) is 0 Å². The van der Waals surface area contributed by atoms with Gasteiger partial charge >= 0.3 is 0 Å². The fourth-order valence-electron chi connectivity index (χ4n) is 2.65. The smallest absolute Gasteiger partial charge is 0.244 e. The second-order valence-corrected chi connectivity index (χ2v) is 8.32. The third-order valence-electron chi connectivity index (χ3n) is 3.85. The second kappa shape index (κ2) is 7.97. The van der Waals surface area contributed by atoms with E-state index in [9.17, 15) is 17.6 Å². The van der Waals surface area contributed by atoms with Gasteiger partial charge in [0.1, 0.15) is 16.8 Å². The molecule has 0 aromatic heterocycles. The quantitative estimate of drug-likeness (QED) is 0.809. The summed E-state index contributed by atoms with van der Waals surface area (Å²) in [6.07, 6.45) is 0. The first kappa shape index (κ1) is 20.1. The molecule has 0 heterocycles. The van der Waals surface area contributed by atoms with Gasteiger partial charge in [-0.05, 0) is 55.2 Å². The molecule has 0 aliphatic carbocycles. The third kappa shape index (κ3) is 4.89. The highest BCUT2D eigenvalue weighted by atomic mass is 32.2. The van der Waals surface area contributed by atoms with E-state index < -0.39 is 32.7 Å². The van der Waals surface area contributed by atoms with Crippen molar-refractivity contribution in [2.24, 2.45) is 5.92 Å². The Kier molecular flexibility index (Phi) is 6.15. The molecule has 2 aromatic rings. The average molecular weight is 378 g/mol. The van der Waals surface area contributed by atoms with Crippen LogP contribution in [0.15, 0.2) is 47.4 Å².